The number of aromatic amines is 1. The molecule has 2 atom stereocenters. The lowest BCUT2D eigenvalue weighted by Crippen LogP contribution is -2.47. The van der Waals surface area contributed by atoms with Crippen LogP contribution in [0.1, 0.15) is 57.6 Å². The monoisotopic (exact) mass is 411 g/mol. The first-order valence-corrected chi connectivity index (χ1v) is 11.4. The highest BCUT2D eigenvalue weighted by Gasteiger charge is 2.28. The molecule has 1 aromatic heterocycles. The van der Waals surface area contributed by atoms with Crippen LogP contribution >= 0.6 is 0 Å². The Bertz CT molecular complexity index is 870. The number of rotatable bonds is 7. The molecule has 0 aliphatic heterocycles. The molecule has 1 saturated carbocycles. The zero-order valence-corrected chi connectivity index (χ0v) is 18.8. The average molecular weight is 412 g/mol. The number of carbonyl (C=O) groups is 1. The second-order valence-corrected chi connectivity index (χ2v) is 8.62. The molecule has 2 unspecified atom stereocenters. The van der Waals surface area contributed by atoms with Gasteiger partial charge in [-0.3, -0.25) is 9.79 Å². The van der Waals surface area contributed by atoms with Crippen LogP contribution in [0.15, 0.2) is 29.4 Å². The largest absolute Gasteiger partial charge is 0.361 e. The molecule has 0 saturated heterocycles. The predicted molar refractivity (Wildman–Crippen MR) is 125 cm³/mol. The third-order valence-corrected chi connectivity index (χ3v) is 6.00. The molecule has 0 radical (unpaired) electrons. The zero-order valence-electron chi connectivity index (χ0n) is 18.8. The topological polar surface area (TPSA) is 81.3 Å². The number of nitrogens with one attached hydrogen (secondary N) is 4. The lowest BCUT2D eigenvalue weighted by molar-refractivity contribution is -0.126. The van der Waals surface area contributed by atoms with E-state index in [1.165, 1.54) is 22.0 Å². The molecule has 1 aromatic carbocycles. The summed E-state index contributed by atoms with van der Waals surface area (Å²) in [6.07, 6.45) is 8.07. The number of carbonyl (C=O) groups excluding carboxylic acids is 1. The lowest BCUT2D eigenvalue weighted by atomic mass is 9.85. The molecule has 3 rings (SSSR count). The maximum absolute atomic E-state index is 12.4. The van der Waals surface area contributed by atoms with Crippen LogP contribution in [-0.2, 0) is 17.6 Å². The first-order chi connectivity index (χ1) is 14.5. The number of para-hydroxylation sites is 1. The van der Waals surface area contributed by atoms with Crippen molar-refractivity contribution in [2.24, 2.45) is 10.9 Å². The SMILES string of the molecule is CCc1cccc2c(CCNC(=NC)NC3CCCC(C(=O)NC(C)C)C3)c[nH]c12. The van der Waals surface area contributed by atoms with Gasteiger partial charge in [0.25, 0.3) is 0 Å². The third kappa shape index (κ3) is 5.55. The number of H-pyrrole nitrogens is 1. The fourth-order valence-corrected chi connectivity index (χ4v) is 4.44. The van der Waals surface area contributed by atoms with Crippen LogP contribution in [-0.4, -0.2) is 42.5 Å². The highest BCUT2D eigenvalue weighted by molar-refractivity contribution is 5.86. The minimum atomic E-state index is 0.0933. The van der Waals surface area contributed by atoms with E-state index in [9.17, 15) is 4.79 Å². The van der Waals surface area contributed by atoms with Gasteiger partial charge in [-0.1, -0.05) is 31.5 Å². The van der Waals surface area contributed by atoms with Crippen LogP contribution < -0.4 is 16.0 Å². The first-order valence-electron chi connectivity index (χ1n) is 11.4. The van der Waals surface area contributed by atoms with Crippen molar-refractivity contribution in [2.45, 2.75) is 71.4 Å². The molecule has 2 aromatic rings. The summed E-state index contributed by atoms with van der Waals surface area (Å²) in [5.41, 5.74) is 3.94. The number of hydrogen-bond donors (Lipinski definition) is 4. The quantitative estimate of drug-likeness (QED) is 0.416. The van der Waals surface area contributed by atoms with Crippen molar-refractivity contribution in [1.29, 1.82) is 0 Å². The second kappa shape index (κ2) is 10.5. The summed E-state index contributed by atoms with van der Waals surface area (Å²) in [5, 5.41) is 11.3. The normalized spacial score (nSPS) is 19.8. The molecule has 0 spiro atoms. The number of aliphatic imine (C=N–C) groups is 1. The van der Waals surface area contributed by atoms with Gasteiger partial charge in [-0.15, -0.1) is 0 Å². The number of aryl methyl sites for hydroxylation is 1. The van der Waals surface area contributed by atoms with Crippen LogP contribution in [0, 0.1) is 5.92 Å². The van der Waals surface area contributed by atoms with E-state index in [-0.39, 0.29) is 23.9 Å². The van der Waals surface area contributed by atoms with Gasteiger partial charge in [0, 0.05) is 48.7 Å². The van der Waals surface area contributed by atoms with Gasteiger partial charge in [0.15, 0.2) is 5.96 Å². The molecule has 1 aliphatic carbocycles. The number of guanidine groups is 1. The molecule has 164 valence electrons. The number of fused-ring (bicyclic) bond motifs is 1. The predicted octanol–water partition coefficient (Wildman–Crippen LogP) is 3.52. The summed E-state index contributed by atoms with van der Waals surface area (Å²) in [6.45, 7) is 7.03. The zero-order chi connectivity index (χ0) is 21.5. The Morgan fingerprint density at radius 2 is 2.10 bits per heavy atom. The van der Waals surface area contributed by atoms with E-state index in [1.807, 2.05) is 13.8 Å². The molecular weight excluding hydrogens is 374 g/mol. The van der Waals surface area contributed by atoms with Gasteiger partial charge in [0.2, 0.25) is 5.91 Å². The Labute approximate surface area is 180 Å². The molecule has 6 heteroatoms. The van der Waals surface area contributed by atoms with Crippen molar-refractivity contribution >= 4 is 22.8 Å². The van der Waals surface area contributed by atoms with Crippen molar-refractivity contribution in [3.8, 4) is 0 Å². The maximum Gasteiger partial charge on any atom is 0.223 e. The summed E-state index contributed by atoms with van der Waals surface area (Å²) in [6, 6.07) is 7.00. The van der Waals surface area contributed by atoms with Crippen molar-refractivity contribution in [3.63, 3.8) is 0 Å². The maximum atomic E-state index is 12.4. The van der Waals surface area contributed by atoms with Gasteiger partial charge in [-0.2, -0.15) is 0 Å². The average Bonchev–Trinajstić information content (AvgIpc) is 3.16. The number of nitrogens with zero attached hydrogens (tertiary/aromatic N) is 1. The van der Waals surface area contributed by atoms with E-state index in [0.29, 0.717) is 0 Å². The molecule has 1 amide bonds. The van der Waals surface area contributed by atoms with Gasteiger partial charge in [-0.05, 0) is 57.1 Å². The fraction of sp³-hybridized carbons (Fsp3) is 0.583. The smallest absolute Gasteiger partial charge is 0.223 e. The van der Waals surface area contributed by atoms with E-state index in [1.54, 1.807) is 7.05 Å². The number of aromatic nitrogens is 1. The minimum absolute atomic E-state index is 0.0933. The molecule has 30 heavy (non-hydrogen) atoms. The highest BCUT2D eigenvalue weighted by Crippen LogP contribution is 2.25. The van der Waals surface area contributed by atoms with Crippen molar-refractivity contribution in [3.05, 3.63) is 35.5 Å². The third-order valence-electron chi connectivity index (χ3n) is 6.00. The van der Waals surface area contributed by atoms with E-state index in [4.69, 9.17) is 0 Å². The molecular formula is C24H37N5O. The van der Waals surface area contributed by atoms with Crippen LogP contribution in [0.25, 0.3) is 10.9 Å². The van der Waals surface area contributed by atoms with Gasteiger partial charge < -0.3 is 20.9 Å². The molecule has 1 fully saturated rings. The summed E-state index contributed by atoms with van der Waals surface area (Å²) in [4.78, 5) is 20.2. The van der Waals surface area contributed by atoms with Gasteiger partial charge >= 0.3 is 0 Å². The molecule has 6 nitrogen and oxygen atoms in total. The van der Waals surface area contributed by atoms with E-state index in [0.717, 1.165) is 51.0 Å². The Morgan fingerprint density at radius 3 is 2.83 bits per heavy atom. The number of benzene rings is 1. The summed E-state index contributed by atoms with van der Waals surface area (Å²) >= 11 is 0. The molecule has 1 aliphatic rings. The van der Waals surface area contributed by atoms with Crippen LogP contribution in [0.5, 0.6) is 0 Å². The molecule has 1 heterocycles. The van der Waals surface area contributed by atoms with Crippen molar-refractivity contribution < 1.29 is 4.79 Å². The summed E-state index contributed by atoms with van der Waals surface area (Å²) in [5.74, 6) is 1.10. The van der Waals surface area contributed by atoms with E-state index >= 15 is 0 Å². The first kappa shape index (κ1) is 22.2. The standard InChI is InChI=1S/C24H37N5O/c1-5-17-8-7-11-21-19(15-27-22(17)21)12-13-26-24(25-4)29-20-10-6-9-18(14-20)23(30)28-16(2)3/h7-8,11,15-16,18,20,27H,5-6,9-10,12-14H2,1-4H3,(H,28,30)(H2,25,26,29). The Balaban J connectivity index is 1.51. The van der Waals surface area contributed by atoms with Crippen molar-refractivity contribution in [1.82, 2.24) is 20.9 Å². The van der Waals surface area contributed by atoms with Crippen molar-refractivity contribution in [2.75, 3.05) is 13.6 Å². The molecule has 4 N–H and O–H groups in total. The number of hydrogen-bond acceptors (Lipinski definition) is 2. The van der Waals surface area contributed by atoms with Crippen LogP contribution in [0.3, 0.4) is 0 Å². The Hall–Kier alpha value is -2.50. The number of amides is 1. The van der Waals surface area contributed by atoms with E-state index in [2.05, 4.69) is 57.2 Å². The minimum Gasteiger partial charge on any atom is -0.361 e. The second-order valence-electron chi connectivity index (χ2n) is 8.62. The Morgan fingerprint density at radius 1 is 1.27 bits per heavy atom. The fourth-order valence-electron chi connectivity index (χ4n) is 4.44. The van der Waals surface area contributed by atoms with Gasteiger partial charge in [-0.25, -0.2) is 0 Å². The van der Waals surface area contributed by atoms with Crippen LogP contribution in [0.2, 0.25) is 0 Å². The van der Waals surface area contributed by atoms with Gasteiger partial charge in [0.05, 0.1) is 0 Å². The van der Waals surface area contributed by atoms with E-state index < -0.39 is 0 Å². The Kier molecular flexibility index (Phi) is 7.77. The van der Waals surface area contributed by atoms with Gasteiger partial charge in [0.1, 0.15) is 0 Å². The summed E-state index contributed by atoms with van der Waals surface area (Å²) in [7, 11) is 1.81. The highest BCUT2D eigenvalue weighted by atomic mass is 16.1. The lowest BCUT2D eigenvalue weighted by Gasteiger charge is -2.30. The molecule has 0 bridgehead atoms. The summed E-state index contributed by atoms with van der Waals surface area (Å²) < 4.78 is 0. The van der Waals surface area contributed by atoms with Crippen LogP contribution in [0.4, 0.5) is 0 Å².